The first-order valence-corrected chi connectivity index (χ1v) is 0. The van der Waals surface area contributed by atoms with Gasteiger partial charge in [-0.25, -0.2) is 0 Å². The summed E-state index contributed by atoms with van der Waals surface area (Å²) in [4.78, 5) is 0. The smallest absolute Gasteiger partial charge is 1.00 e. The second kappa shape index (κ2) is 17.4. The van der Waals surface area contributed by atoms with Gasteiger partial charge in [0.25, 0.3) is 0 Å². The summed E-state index contributed by atoms with van der Waals surface area (Å²) in [5, 5.41) is 0. The van der Waals surface area contributed by atoms with Gasteiger partial charge in [-0.3, -0.25) is 0 Å². The van der Waals surface area contributed by atoms with Crippen LogP contribution in [0.5, 0.6) is 0 Å². The topological polar surface area (TPSA) is 0 Å². The predicted octanol–water partition coefficient (Wildman–Crippen LogP) is 1.45. The first-order chi connectivity index (χ1) is 0. The maximum absolute atomic E-state index is 0. The number of hydrogen-bond donors (Lipinski definition) is 0. The van der Waals surface area contributed by atoms with E-state index in [2.05, 4.69) is 0 Å². The average molecular weight is 259 g/mol. The van der Waals surface area contributed by atoms with Crippen LogP contribution in [0.3, 0.4) is 0 Å². The molecular formula is H13CrMnTiZr. The molecule has 0 saturated heterocycles. The zero-order valence-electron chi connectivity index (χ0n) is 14.8. The van der Waals surface area contributed by atoms with Crippen molar-refractivity contribution in [1.29, 1.82) is 0 Å². The Morgan fingerprint density at radius 3 is 1.25 bits per heavy atom. The van der Waals surface area contributed by atoms with E-state index in [1.54, 1.807) is 0 Å². The molecule has 0 aliphatic heterocycles. The van der Waals surface area contributed by atoms with E-state index in [-0.39, 0.29) is 101 Å². The predicted molar refractivity (Wildman–Crippen MR) is 14.5 cm³/mol. The Morgan fingerprint density at radius 2 is 1.25 bits per heavy atom. The average Bonchev–Trinajstić information content (AvgIpc) is 0. The summed E-state index contributed by atoms with van der Waals surface area (Å²) in [7, 11) is 0. The van der Waals surface area contributed by atoms with Gasteiger partial charge in [-0.1, -0.05) is 0 Å². The van der Waals surface area contributed by atoms with E-state index in [0.29, 0.717) is 0 Å². The van der Waals surface area contributed by atoms with E-state index >= 15 is 0 Å². The summed E-state index contributed by atoms with van der Waals surface area (Å²) >= 11 is 0. The van der Waals surface area contributed by atoms with Gasteiger partial charge in [-0.05, 0) is 0 Å². The van der Waals surface area contributed by atoms with Crippen molar-refractivity contribution in [2.24, 2.45) is 0 Å². The van der Waals surface area contributed by atoms with Gasteiger partial charge in [0.1, 0.15) is 0 Å². The molecule has 34 valence electrons. The Kier molecular flexibility index (Phi) is 132. The minimum atomic E-state index is 0. The van der Waals surface area contributed by atoms with E-state index in [0.717, 1.165) is 0 Å². The van der Waals surface area contributed by atoms with Crippen molar-refractivity contribution in [2.45, 2.75) is 0 Å². The molecule has 0 bridgehead atoms. The van der Waals surface area contributed by atoms with Gasteiger partial charge < -0.3 is 18.5 Å². The van der Waals surface area contributed by atoms with Gasteiger partial charge in [-0.15, -0.1) is 0 Å². The molecule has 0 aliphatic carbocycles. The van der Waals surface area contributed by atoms with Crippen molar-refractivity contribution in [1.82, 2.24) is 0 Å². The zero-order chi connectivity index (χ0) is 0. The molecule has 0 amide bonds. The molecule has 0 fully saturated rings. The minimum absolute atomic E-state index is 0. The summed E-state index contributed by atoms with van der Waals surface area (Å²) < 4.78 is 0. The van der Waals surface area contributed by atoms with Crippen LogP contribution in [0.25, 0.3) is 0 Å². The molecular weight excluding hydrogens is 246 g/mol. The molecule has 0 saturated carbocycles. The Hall–Kier alpha value is 2.65. The summed E-state index contributed by atoms with van der Waals surface area (Å²) in [6, 6.07) is 0. The van der Waals surface area contributed by atoms with E-state index < -0.39 is 0 Å². The quantitative estimate of drug-likeness (QED) is 0.578. The van der Waals surface area contributed by atoms with Crippen molar-refractivity contribution in [3.05, 3.63) is 0 Å². The normalized spacial score (nSPS) is 0. The Labute approximate surface area is 100 Å². The fourth-order valence-electron chi connectivity index (χ4n) is 0. The van der Waals surface area contributed by atoms with Gasteiger partial charge in [0, 0.05) is 0 Å². The van der Waals surface area contributed by atoms with Gasteiger partial charge in [-0.2, -0.15) is 0 Å². The third-order valence-corrected chi connectivity index (χ3v) is 0. The van der Waals surface area contributed by atoms with Crippen LogP contribution in [0.4, 0.5) is 0 Å². The molecule has 0 unspecified atom stereocenters. The first-order valence-electron chi connectivity index (χ1n) is 0. The van der Waals surface area contributed by atoms with Crippen LogP contribution in [0, 0.1) is 0 Å². The molecule has 0 spiro atoms. The van der Waals surface area contributed by atoms with Crippen LogP contribution in [0.15, 0.2) is 0 Å². The van der Waals surface area contributed by atoms with Gasteiger partial charge in [0.15, 0.2) is 0 Å². The number of hydrogen-bond acceptors (Lipinski definition) is 0. The molecule has 4 heteroatoms. The van der Waals surface area contributed by atoms with Crippen LogP contribution >= 0.6 is 0 Å². The van der Waals surface area contributed by atoms with Crippen LogP contribution in [-0.2, 0) is 82.4 Å². The molecule has 0 aromatic heterocycles. The molecule has 0 heterocycles. The summed E-state index contributed by atoms with van der Waals surface area (Å²) in [5.74, 6) is 0. The van der Waals surface area contributed by atoms with Crippen LogP contribution in [0.1, 0.15) is 18.5 Å². The van der Waals surface area contributed by atoms with Gasteiger partial charge in [0.2, 0.25) is 0 Å². The first kappa shape index (κ1) is 30.2. The molecule has 2 radical (unpaired) electrons. The van der Waals surface area contributed by atoms with Crippen molar-refractivity contribution in [3.63, 3.8) is 0 Å². The molecule has 0 nitrogen and oxygen atoms in total. The van der Waals surface area contributed by atoms with Crippen LogP contribution < -0.4 is 0 Å². The maximum Gasteiger partial charge on any atom is 4.00 e. The maximum atomic E-state index is 0. The Balaban J connectivity index is 0. The molecule has 0 rings (SSSR count). The van der Waals surface area contributed by atoms with Crippen molar-refractivity contribution < 1.29 is 101 Å². The van der Waals surface area contributed by atoms with Gasteiger partial charge >= 0.3 is 82.4 Å². The zero-order valence-corrected chi connectivity index (χ0v) is 8.26. The van der Waals surface area contributed by atoms with Gasteiger partial charge in [0.05, 0.1) is 0 Å². The third-order valence-electron chi connectivity index (χ3n) is 0. The third kappa shape index (κ3) is 8.82. The SMILES string of the molecule is [Cr+3].[H-].[H-].[H-].[H-].[H-].[H-].[H-].[H-].[H-].[H-].[H-].[H-].[H-].[Mn+2].[Ti+4].[Zr+4]. The van der Waals surface area contributed by atoms with E-state index in [9.17, 15) is 0 Å². The summed E-state index contributed by atoms with van der Waals surface area (Å²) in [5.41, 5.74) is 0. The van der Waals surface area contributed by atoms with E-state index in [1.807, 2.05) is 0 Å². The molecule has 0 aliphatic rings. The van der Waals surface area contributed by atoms with Crippen LogP contribution in [-0.4, -0.2) is 0 Å². The van der Waals surface area contributed by atoms with Crippen molar-refractivity contribution in [3.8, 4) is 0 Å². The minimum Gasteiger partial charge on any atom is -1.00 e. The Bertz CT molecular complexity index is 21.4. The molecule has 4 heavy (non-hydrogen) atoms. The summed E-state index contributed by atoms with van der Waals surface area (Å²) in [6.45, 7) is 0. The standard InChI is InChI=1S/Cr.Mn.Ti.Zr.13H/q+3;+2;2*+4;13*-1. The summed E-state index contributed by atoms with van der Waals surface area (Å²) in [6.07, 6.45) is 0. The monoisotopic (exact) mass is 258 g/mol. The molecule has 0 aromatic rings. The largest absolute Gasteiger partial charge is 4.00 e. The number of rotatable bonds is 0. The fourth-order valence-corrected chi connectivity index (χ4v) is 0. The second-order valence-corrected chi connectivity index (χ2v) is 0. The van der Waals surface area contributed by atoms with E-state index in [1.165, 1.54) is 0 Å². The molecule has 0 atom stereocenters. The second-order valence-electron chi connectivity index (χ2n) is 0. The molecule has 0 aromatic carbocycles. The van der Waals surface area contributed by atoms with Crippen molar-refractivity contribution in [2.75, 3.05) is 0 Å². The van der Waals surface area contributed by atoms with Crippen LogP contribution in [0.2, 0.25) is 0 Å². The van der Waals surface area contributed by atoms with Crippen molar-refractivity contribution >= 4 is 0 Å². The molecule has 0 N–H and O–H groups in total. The Morgan fingerprint density at radius 1 is 1.25 bits per heavy atom. The fraction of sp³-hybridized carbons (Fsp3) is 0. The van der Waals surface area contributed by atoms with E-state index in [4.69, 9.17) is 0 Å².